The first-order valence-corrected chi connectivity index (χ1v) is 7.33. The first-order chi connectivity index (χ1) is 9.11. The minimum Gasteiger partial charge on any atom is -0.305 e. The maximum absolute atomic E-state index is 6.13. The highest BCUT2D eigenvalue weighted by molar-refractivity contribution is 9.10. The predicted octanol–water partition coefficient (Wildman–Crippen LogP) is 3.32. The summed E-state index contributed by atoms with van der Waals surface area (Å²) < 4.78 is 2.75. The van der Waals surface area contributed by atoms with Crippen LogP contribution in [-0.4, -0.2) is 21.5 Å². The highest BCUT2D eigenvalue weighted by Crippen LogP contribution is 2.27. The fourth-order valence-corrected chi connectivity index (χ4v) is 2.87. The van der Waals surface area contributed by atoms with Crippen LogP contribution in [0.1, 0.15) is 30.6 Å². The van der Waals surface area contributed by atoms with Gasteiger partial charge in [-0.25, -0.2) is 0 Å². The molecule has 6 heteroatoms. The summed E-state index contributed by atoms with van der Waals surface area (Å²) in [6.45, 7) is 3.05. The molecule has 1 N–H and O–H groups in total. The van der Waals surface area contributed by atoms with Gasteiger partial charge in [-0.15, -0.1) is 5.10 Å². The Morgan fingerprint density at radius 2 is 2.21 bits per heavy atom. The lowest BCUT2D eigenvalue weighted by Gasteiger charge is -2.19. The molecule has 1 unspecified atom stereocenters. The Bertz CT molecular complexity index is 535. The van der Waals surface area contributed by atoms with E-state index in [1.54, 1.807) is 10.9 Å². The van der Waals surface area contributed by atoms with E-state index >= 15 is 0 Å². The van der Waals surface area contributed by atoms with Gasteiger partial charge in [0.25, 0.3) is 0 Å². The molecule has 0 aliphatic heterocycles. The van der Waals surface area contributed by atoms with E-state index in [2.05, 4.69) is 44.5 Å². The Kier molecular flexibility index (Phi) is 4.96. The van der Waals surface area contributed by atoms with Crippen LogP contribution < -0.4 is 5.32 Å². The maximum Gasteiger partial charge on any atom is 0.0798 e. The second-order valence-electron chi connectivity index (χ2n) is 4.37. The second-order valence-corrected chi connectivity index (χ2v) is 5.72. The molecule has 0 bridgehead atoms. The Balaban J connectivity index is 2.39. The Hall–Kier alpha value is -0.910. The van der Waals surface area contributed by atoms with Crippen LogP contribution in [0.25, 0.3) is 0 Å². The van der Waals surface area contributed by atoms with Crippen molar-refractivity contribution in [2.75, 3.05) is 6.54 Å². The van der Waals surface area contributed by atoms with E-state index in [1.807, 2.05) is 19.2 Å². The number of hydrogen-bond donors (Lipinski definition) is 1. The lowest BCUT2D eigenvalue weighted by Crippen LogP contribution is -2.25. The molecule has 0 saturated heterocycles. The zero-order valence-corrected chi connectivity index (χ0v) is 13.2. The van der Waals surface area contributed by atoms with Crippen molar-refractivity contribution in [1.82, 2.24) is 20.3 Å². The van der Waals surface area contributed by atoms with Gasteiger partial charge < -0.3 is 5.32 Å². The standard InChI is InChI=1S/C13H16BrClN4/c1-3-4-16-13(12-8-17-18-19(12)2)9-5-10(14)7-11(15)6-9/h5-8,13,16H,3-4H2,1-2H3. The maximum atomic E-state index is 6.13. The van der Waals surface area contributed by atoms with E-state index in [1.165, 1.54) is 0 Å². The van der Waals surface area contributed by atoms with Crippen molar-refractivity contribution < 1.29 is 0 Å². The number of benzene rings is 1. The smallest absolute Gasteiger partial charge is 0.0798 e. The van der Waals surface area contributed by atoms with Gasteiger partial charge in [0.05, 0.1) is 17.9 Å². The van der Waals surface area contributed by atoms with Gasteiger partial charge in [0.2, 0.25) is 0 Å². The number of hydrogen-bond acceptors (Lipinski definition) is 3. The third-order valence-electron chi connectivity index (χ3n) is 2.86. The van der Waals surface area contributed by atoms with Gasteiger partial charge in [0.15, 0.2) is 0 Å². The van der Waals surface area contributed by atoms with Crippen molar-refractivity contribution in [3.05, 3.63) is 45.1 Å². The number of nitrogens with zero attached hydrogens (tertiary/aromatic N) is 3. The summed E-state index contributed by atoms with van der Waals surface area (Å²) in [4.78, 5) is 0. The third kappa shape index (κ3) is 3.55. The van der Waals surface area contributed by atoms with E-state index in [4.69, 9.17) is 11.6 Å². The van der Waals surface area contributed by atoms with E-state index in [0.717, 1.165) is 28.7 Å². The summed E-state index contributed by atoms with van der Waals surface area (Å²) in [5.74, 6) is 0. The van der Waals surface area contributed by atoms with Crippen LogP contribution in [0.15, 0.2) is 28.9 Å². The van der Waals surface area contributed by atoms with Crippen molar-refractivity contribution >= 4 is 27.5 Å². The van der Waals surface area contributed by atoms with E-state index in [-0.39, 0.29) is 6.04 Å². The summed E-state index contributed by atoms with van der Waals surface area (Å²) in [5, 5.41) is 12.2. The summed E-state index contributed by atoms with van der Waals surface area (Å²) in [7, 11) is 1.89. The van der Waals surface area contributed by atoms with Crippen molar-refractivity contribution in [2.24, 2.45) is 7.05 Å². The molecule has 2 aromatic rings. The van der Waals surface area contributed by atoms with Crippen LogP contribution in [-0.2, 0) is 7.05 Å². The fourth-order valence-electron chi connectivity index (χ4n) is 1.98. The number of aryl methyl sites for hydroxylation is 1. The first kappa shape index (κ1) is 14.5. The van der Waals surface area contributed by atoms with Crippen LogP contribution >= 0.6 is 27.5 Å². The third-order valence-corrected chi connectivity index (χ3v) is 3.54. The van der Waals surface area contributed by atoms with Crippen molar-refractivity contribution in [1.29, 1.82) is 0 Å². The van der Waals surface area contributed by atoms with Crippen molar-refractivity contribution in [3.8, 4) is 0 Å². The van der Waals surface area contributed by atoms with Gasteiger partial charge in [0.1, 0.15) is 0 Å². The van der Waals surface area contributed by atoms with Crippen LogP contribution in [0, 0.1) is 0 Å². The van der Waals surface area contributed by atoms with Gasteiger partial charge >= 0.3 is 0 Å². The molecule has 1 aromatic carbocycles. The summed E-state index contributed by atoms with van der Waals surface area (Å²) in [6, 6.07) is 5.94. The monoisotopic (exact) mass is 342 g/mol. The van der Waals surface area contributed by atoms with Gasteiger partial charge in [-0.1, -0.05) is 39.7 Å². The molecule has 1 aromatic heterocycles. The highest BCUT2D eigenvalue weighted by atomic mass is 79.9. The zero-order chi connectivity index (χ0) is 13.8. The van der Waals surface area contributed by atoms with Crippen LogP contribution in [0.4, 0.5) is 0 Å². The van der Waals surface area contributed by atoms with Gasteiger partial charge in [-0.05, 0) is 36.7 Å². The van der Waals surface area contributed by atoms with Crippen LogP contribution in [0.5, 0.6) is 0 Å². The molecule has 0 radical (unpaired) electrons. The molecular formula is C13H16BrClN4. The Morgan fingerprint density at radius 3 is 2.79 bits per heavy atom. The van der Waals surface area contributed by atoms with Crippen LogP contribution in [0.3, 0.4) is 0 Å². The topological polar surface area (TPSA) is 42.7 Å². The minimum absolute atomic E-state index is 0.0370. The molecule has 0 spiro atoms. The molecule has 0 aliphatic carbocycles. The molecule has 0 aliphatic rings. The Morgan fingerprint density at radius 1 is 1.42 bits per heavy atom. The van der Waals surface area contributed by atoms with E-state index < -0.39 is 0 Å². The molecule has 2 rings (SSSR count). The number of nitrogens with one attached hydrogen (secondary N) is 1. The normalized spacial score (nSPS) is 12.6. The van der Waals surface area contributed by atoms with Gasteiger partial charge in [-0.3, -0.25) is 4.68 Å². The highest BCUT2D eigenvalue weighted by Gasteiger charge is 2.18. The zero-order valence-electron chi connectivity index (χ0n) is 10.9. The van der Waals surface area contributed by atoms with E-state index in [0.29, 0.717) is 5.02 Å². The molecule has 0 amide bonds. The molecule has 0 saturated carbocycles. The number of aromatic nitrogens is 3. The molecule has 4 nitrogen and oxygen atoms in total. The Labute approximate surface area is 126 Å². The fraction of sp³-hybridized carbons (Fsp3) is 0.385. The lowest BCUT2D eigenvalue weighted by atomic mass is 10.0. The largest absolute Gasteiger partial charge is 0.305 e. The minimum atomic E-state index is 0.0370. The van der Waals surface area contributed by atoms with Crippen LogP contribution in [0.2, 0.25) is 5.02 Å². The lowest BCUT2D eigenvalue weighted by molar-refractivity contribution is 0.550. The number of halogens is 2. The second kappa shape index (κ2) is 6.50. The predicted molar refractivity (Wildman–Crippen MR) is 80.3 cm³/mol. The van der Waals surface area contributed by atoms with E-state index in [9.17, 15) is 0 Å². The summed E-state index contributed by atoms with van der Waals surface area (Å²) in [6.07, 6.45) is 2.84. The molecule has 0 fully saturated rings. The van der Waals surface area contributed by atoms with Gasteiger partial charge in [-0.2, -0.15) is 0 Å². The molecule has 1 heterocycles. The average Bonchev–Trinajstić information content (AvgIpc) is 2.75. The van der Waals surface area contributed by atoms with Gasteiger partial charge in [0, 0.05) is 16.5 Å². The average molecular weight is 344 g/mol. The molecule has 19 heavy (non-hydrogen) atoms. The molecule has 1 atom stereocenters. The quantitative estimate of drug-likeness (QED) is 0.905. The van der Waals surface area contributed by atoms with Crippen molar-refractivity contribution in [2.45, 2.75) is 19.4 Å². The SMILES string of the molecule is CCCNC(c1cc(Cl)cc(Br)c1)c1cnnn1C. The van der Waals surface area contributed by atoms with Crippen molar-refractivity contribution in [3.63, 3.8) is 0 Å². The number of rotatable bonds is 5. The summed E-state index contributed by atoms with van der Waals surface area (Å²) >= 11 is 9.61. The molecular weight excluding hydrogens is 328 g/mol. The first-order valence-electron chi connectivity index (χ1n) is 6.15. The summed E-state index contributed by atoms with van der Waals surface area (Å²) in [5.41, 5.74) is 2.11. The molecule has 102 valence electrons.